The lowest BCUT2D eigenvalue weighted by molar-refractivity contribution is -0.128. The van der Waals surface area contributed by atoms with Crippen molar-refractivity contribution in [1.29, 1.82) is 0 Å². The number of likely N-dealkylation sites (tertiary alicyclic amines) is 1. The lowest BCUT2D eigenvalue weighted by Crippen LogP contribution is -2.41. The molecule has 39 heavy (non-hydrogen) atoms. The van der Waals surface area contributed by atoms with Crippen molar-refractivity contribution in [2.24, 2.45) is 0 Å². The van der Waals surface area contributed by atoms with Crippen LogP contribution >= 0.6 is 0 Å². The summed E-state index contributed by atoms with van der Waals surface area (Å²) in [6.45, 7) is 0.563. The second-order valence-corrected chi connectivity index (χ2v) is 10.8. The summed E-state index contributed by atoms with van der Waals surface area (Å²) in [7, 11) is -1.60. The summed E-state index contributed by atoms with van der Waals surface area (Å²) in [4.78, 5) is 26.7. The number of nitrogens with one attached hydrogen (secondary N) is 1. The van der Waals surface area contributed by atoms with Gasteiger partial charge in [-0.25, -0.2) is 12.8 Å². The van der Waals surface area contributed by atoms with Gasteiger partial charge in [0.05, 0.1) is 24.8 Å². The van der Waals surface area contributed by atoms with Crippen molar-refractivity contribution in [2.75, 3.05) is 31.6 Å². The number of halogens is 1. The van der Waals surface area contributed by atoms with E-state index in [-0.39, 0.29) is 28.8 Å². The number of rotatable bonds is 11. The van der Waals surface area contributed by atoms with Gasteiger partial charge in [0, 0.05) is 32.1 Å². The molecule has 9 nitrogen and oxygen atoms in total. The Morgan fingerprint density at radius 1 is 1.00 bits per heavy atom. The molecule has 1 fully saturated rings. The molecule has 0 unspecified atom stereocenters. The van der Waals surface area contributed by atoms with Crippen LogP contribution in [-0.2, 0) is 32.7 Å². The Morgan fingerprint density at radius 2 is 1.69 bits per heavy atom. The molecule has 4 rings (SSSR count). The summed E-state index contributed by atoms with van der Waals surface area (Å²) in [6.07, 6.45) is 1.34. The van der Waals surface area contributed by atoms with Crippen molar-refractivity contribution in [1.82, 2.24) is 10.2 Å². The highest BCUT2D eigenvalue weighted by molar-refractivity contribution is 7.92. The predicted octanol–water partition coefficient (Wildman–Crippen LogP) is 3.48. The first-order valence-electron chi connectivity index (χ1n) is 12.3. The number of methoxy groups -OCH3 is 2. The molecule has 0 saturated carbocycles. The van der Waals surface area contributed by atoms with E-state index < -0.39 is 28.3 Å². The van der Waals surface area contributed by atoms with Crippen LogP contribution in [0.3, 0.4) is 0 Å². The standard InChI is InChI=1S/C28H30FN3O6S/c1-37-25-14-13-22(16-26(25)38-2)39(35,36)32(24-11-6-5-10-23(24)29)19-27(33)30-17-20-8-3-4-9-21(20)18-31-15-7-12-28(31)34/h3-6,8-11,13-14,16H,7,12,15,17-19H2,1-2H3,(H,30,33). The van der Waals surface area contributed by atoms with Crippen LogP contribution in [0, 0.1) is 5.82 Å². The predicted molar refractivity (Wildman–Crippen MR) is 143 cm³/mol. The number of anilines is 1. The number of ether oxygens (including phenoxy) is 2. The first-order valence-corrected chi connectivity index (χ1v) is 13.8. The van der Waals surface area contributed by atoms with E-state index in [2.05, 4.69) is 5.32 Å². The third kappa shape index (κ3) is 6.31. The third-order valence-corrected chi connectivity index (χ3v) is 8.23. The number of nitrogens with zero attached hydrogens (tertiary/aromatic N) is 2. The normalized spacial score (nSPS) is 13.3. The molecule has 0 aromatic heterocycles. The van der Waals surface area contributed by atoms with Gasteiger partial charge in [0.1, 0.15) is 12.4 Å². The molecular formula is C28H30FN3O6S. The van der Waals surface area contributed by atoms with Crippen molar-refractivity contribution < 1.29 is 31.9 Å². The fraction of sp³-hybridized carbons (Fsp3) is 0.286. The Morgan fingerprint density at radius 3 is 2.36 bits per heavy atom. The van der Waals surface area contributed by atoms with Crippen molar-refractivity contribution in [3.63, 3.8) is 0 Å². The zero-order valence-electron chi connectivity index (χ0n) is 21.7. The lowest BCUT2D eigenvalue weighted by Gasteiger charge is -2.25. The van der Waals surface area contributed by atoms with E-state index in [0.29, 0.717) is 25.3 Å². The first-order chi connectivity index (χ1) is 18.7. The fourth-order valence-electron chi connectivity index (χ4n) is 4.40. The lowest BCUT2D eigenvalue weighted by atomic mass is 10.1. The molecule has 11 heteroatoms. The van der Waals surface area contributed by atoms with Gasteiger partial charge >= 0.3 is 0 Å². The summed E-state index contributed by atoms with van der Waals surface area (Å²) in [5, 5.41) is 2.74. The van der Waals surface area contributed by atoms with Crippen LogP contribution in [0.5, 0.6) is 11.5 Å². The van der Waals surface area contributed by atoms with Gasteiger partial charge in [-0.3, -0.25) is 13.9 Å². The SMILES string of the molecule is COc1ccc(S(=O)(=O)N(CC(=O)NCc2ccccc2CN2CCCC2=O)c2ccccc2F)cc1OC. The summed E-state index contributed by atoms with van der Waals surface area (Å²) in [5.41, 5.74) is 1.41. The summed E-state index contributed by atoms with van der Waals surface area (Å²) >= 11 is 0. The fourth-order valence-corrected chi connectivity index (χ4v) is 5.84. The molecule has 0 spiro atoms. The number of hydrogen-bond acceptors (Lipinski definition) is 6. The van der Waals surface area contributed by atoms with E-state index in [9.17, 15) is 22.4 Å². The highest BCUT2D eigenvalue weighted by Gasteiger charge is 2.30. The van der Waals surface area contributed by atoms with Gasteiger partial charge < -0.3 is 19.7 Å². The Balaban J connectivity index is 1.57. The van der Waals surface area contributed by atoms with Crippen molar-refractivity contribution in [3.8, 4) is 11.5 Å². The van der Waals surface area contributed by atoms with Gasteiger partial charge in [-0.05, 0) is 41.8 Å². The molecular weight excluding hydrogens is 525 g/mol. The Hall–Kier alpha value is -4.12. The average Bonchev–Trinajstić information content (AvgIpc) is 3.35. The van der Waals surface area contributed by atoms with Crippen molar-refractivity contribution >= 4 is 27.5 Å². The number of hydrogen-bond donors (Lipinski definition) is 1. The maximum atomic E-state index is 14.8. The zero-order valence-corrected chi connectivity index (χ0v) is 22.5. The van der Waals surface area contributed by atoms with Crippen LogP contribution in [0.25, 0.3) is 0 Å². The first kappa shape index (κ1) is 27.9. The van der Waals surface area contributed by atoms with E-state index in [4.69, 9.17) is 9.47 Å². The number of amides is 2. The van der Waals surface area contributed by atoms with Gasteiger partial charge in [-0.2, -0.15) is 0 Å². The maximum Gasteiger partial charge on any atom is 0.265 e. The van der Waals surface area contributed by atoms with Gasteiger partial charge in [0.25, 0.3) is 10.0 Å². The number of para-hydroxylation sites is 1. The average molecular weight is 556 g/mol. The topological polar surface area (TPSA) is 105 Å². The van der Waals surface area contributed by atoms with Crippen molar-refractivity contribution in [3.05, 3.63) is 83.7 Å². The molecule has 0 atom stereocenters. The van der Waals surface area contributed by atoms with E-state index in [1.165, 1.54) is 50.6 Å². The van der Waals surface area contributed by atoms with E-state index in [1.54, 1.807) is 4.90 Å². The van der Waals surface area contributed by atoms with Crippen LogP contribution in [0.4, 0.5) is 10.1 Å². The summed E-state index contributed by atoms with van der Waals surface area (Å²) in [5.74, 6) is -0.843. The largest absolute Gasteiger partial charge is 0.493 e. The van der Waals surface area contributed by atoms with Crippen LogP contribution < -0.4 is 19.1 Å². The molecule has 1 aliphatic heterocycles. The highest BCUT2D eigenvalue weighted by atomic mass is 32.2. The number of carbonyl (C=O) groups excluding carboxylic acids is 2. The van der Waals surface area contributed by atoms with Gasteiger partial charge in [-0.1, -0.05) is 36.4 Å². The minimum absolute atomic E-state index is 0.0923. The summed E-state index contributed by atoms with van der Waals surface area (Å²) in [6, 6.07) is 16.7. The van der Waals surface area contributed by atoms with E-state index >= 15 is 0 Å². The van der Waals surface area contributed by atoms with Crippen LogP contribution in [0.2, 0.25) is 0 Å². The van der Waals surface area contributed by atoms with Gasteiger partial charge in [-0.15, -0.1) is 0 Å². The molecule has 1 N–H and O–H groups in total. The molecule has 1 aliphatic rings. The Kier molecular flexibility index (Phi) is 8.70. The number of sulfonamides is 1. The molecule has 1 saturated heterocycles. The zero-order chi connectivity index (χ0) is 28.0. The highest BCUT2D eigenvalue weighted by Crippen LogP contribution is 2.32. The molecule has 0 bridgehead atoms. The third-order valence-electron chi connectivity index (χ3n) is 6.48. The quantitative estimate of drug-likeness (QED) is 0.389. The molecule has 0 aliphatic carbocycles. The molecule has 2 amide bonds. The van der Waals surface area contributed by atoms with E-state index in [0.717, 1.165) is 27.9 Å². The van der Waals surface area contributed by atoms with Crippen LogP contribution in [0.15, 0.2) is 71.6 Å². The van der Waals surface area contributed by atoms with Crippen LogP contribution in [0.1, 0.15) is 24.0 Å². The molecule has 3 aromatic carbocycles. The van der Waals surface area contributed by atoms with E-state index in [1.807, 2.05) is 24.3 Å². The van der Waals surface area contributed by atoms with Crippen LogP contribution in [-0.4, -0.2) is 52.4 Å². The summed E-state index contributed by atoms with van der Waals surface area (Å²) < 4.78 is 53.3. The molecule has 3 aromatic rings. The Labute approximate surface area is 227 Å². The second-order valence-electron chi connectivity index (χ2n) is 8.94. The van der Waals surface area contributed by atoms with Gasteiger partial charge in [0.15, 0.2) is 11.5 Å². The number of benzene rings is 3. The second kappa shape index (κ2) is 12.2. The minimum Gasteiger partial charge on any atom is -0.493 e. The molecule has 0 radical (unpaired) electrons. The maximum absolute atomic E-state index is 14.8. The minimum atomic E-state index is -4.39. The van der Waals surface area contributed by atoms with Crippen molar-refractivity contribution in [2.45, 2.75) is 30.8 Å². The molecule has 1 heterocycles. The monoisotopic (exact) mass is 555 g/mol. The van der Waals surface area contributed by atoms with Gasteiger partial charge in [0.2, 0.25) is 11.8 Å². The molecule has 206 valence electrons. The number of carbonyl (C=O) groups is 2. The Bertz CT molecular complexity index is 1460. The smallest absolute Gasteiger partial charge is 0.265 e.